The predicted octanol–water partition coefficient (Wildman–Crippen LogP) is 3.42. The van der Waals surface area contributed by atoms with Crippen molar-refractivity contribution in [2.75, 3.05) is 7.11 Å². The molecule has 0 bridgehead atoms. The number of esters is 1. The van der Waals surface area contributed by atoms with Crippen molar-refractivity contribution in [1.82, 2.24) is 4.98 Å². The van der Waals surface area contributed by atoms with Gasteiger partial charge in [0, 0.05) is 11.3 Å². The number of carbonyl (C=O) groups is 1. The largest absolute Gasteiger partial charge is 0.463 e. The molecule has 4 nitrogen and oxygen atoms in total. The number of nitrogens with zero attached hydrogens (tertiary/aromatic N) is 1. The van der Waals surface area contributed by atoms with Gasteiger partial charge in [-0.2, -0.15) is 0 Å². The number of rotatable bonds is 2. The Hall–Kier alpha value is -1.32. The van der Waals surface area contributed by atoms with Gasteiger partial charge in [-0.25, -0.2) is 9.78 Å². The van der Waals surface area contributed by atoms with E-state index in [1.165, 1.54) is 20.0 Å². The van der Waals surface area contributed by atoms with E-state index in [1.807, 2.05) is 20.8 Å². The zero-order chi connectivity index (χ0) is 13.3. The van der Waals surface area contributed by atoms with Gasteiger partial charge in [-0.15, -0.1) is 0 Å². The standard InChI is InChI=1S/C14H21NO3/c1-14(2,3)11-10(13(16)17-4)18-12(15-11)9-7-5-6-8-9/h9H,5-8H2,1-4H3. The third kappa shape index (κ3) is 2.42. The van der Waals surface area contributed by atoms with Crippen LogP contribution in [0.5, 0.6) is 0 Å². The summed E-state index contributed by atoms with van der Waals surface area (Å²) in [5.74, 6) is 0.908. The second kappa shape index (κ2) is 4.75. The Morgan fingerprint density at radius 3 is 2.44 bits per heavy atom. The molecule has 1 aromatic heterocycles. The van der Waals surface area contributed by atoms with E-state index in [0.29, 0.717) is 17.5 Å². The molecule has 1 heterocycles. The topological polar surface area (TPSA) is 52.3 Å². The minimum Gasteiger partial charge on any atom is -0.463 e. The molecule has 100 valence electrons. The molecule has 0 aliphatic heterocycles. The summed E-state index contributed by atoms with van der Waals surface area (Å²) in [7, 11) is 1.37. The fourth-order valence-corrected chi connectivity index (χ4v) is 2.42. The lowest BCUT2D eigenvalue weighted by molar-refractivity contribution is 0.0558. The first-order chi connectivity index (χ1) is 8.43. The van der Waals surface area contributed by atoms with Crippen LogP contribution in [-0.2, 0) is 10.2 Å². The molecule has 1 fully saturated rings. The van der Waals surface area contributed by atoms with Gasteiger partial charge in [0.2, 0.25) is 5.76 Å². The number of aromatic nitrogens is 1. The average molecular weight is 251 g/mol. The molecule has 0 radical (unpaired) electrons. The molecule has 0 saturated heterocycles. The number of hydrogen-bond donors (Lipinski definition) is 0. The molecule has 0 N–H and O–H groups in total. The van der Waals surface area contributed by atoms with Crippen molar-refractivity contribution in [1.29, 1.82) is 0 Å². The lowest BCUT2D eigenvalue weighted by Crippen LogP contribution is -2.17. The summed E-state index contributed by atoms with van der Waals surface area (Å²) >= 11 is 0. The van der Waals surface area contributed by atoms with Crippen LogP contribution in [0.4, 0.5) is 0 Å². The Kier molecular flexibility index (Phi) is 3.46. The number of carbonyl (C=O) groups excluding carboxylic acids is 1. The summed E-state index contributed by atoms with van der Waals surface area (Å²) < 4.78 is 10.5. The molecule has 0 spiro atoms. The highest BCUT2D eigenvalue weighted by molar-refractivity contribution is 5.87. The van der Waals surface area contributed by atoms with E-state index >= 15 is 0 Å². The Balaban J connectivity index is 2.40. The fourth-order valence-electron chi connectivity index (χ4n) is 2.42. The van der Waals surface area contributed by atoms with Crippen molar-refractivity contribution in [2.45, 2.75) is 57.8 Å². The number of methoxy groups -OCH3 is 1. The molecule has 1 aliphatic rings. The highest BCUT2D eigenvalue weighted by atomic mass is 16.5. The summed E-state index contributed by atoms with van der Waals surface area (Å²) in [6.07, 6.45) is 4.63. The SMILES string of the molecule is COC(=O)c1oc(C2CCCC2)nc1C(C)(C)C. The lowest BCUT2D eigenvalue weighted by atomic mass is 9.91. The van der Waals surface area contributed by atoms with Gasteiger partial charge in [0.05, 0.1) is 12.8 Å². The fraction of sp³-hybridized carbons (Fsp3) is 0.714. The van der Waals surface area contributed by atoms with Crippen molar-refractivity contribution < 1.29 is 13.9 Å². The molecular weight excluding hydrogens is 230 g/mol. The van der Waals surface area contributed by atoms with Crippen LogP contribution in [0.3, 0.4) is 0 Å². The van der Waals surface area contributed by atoms with Crippen LogP contribution >= 0.6 is 0 Å². The molecule has 2 rings (SSSR count). The van der Waals surface area contributed by atoms with Gasteiger partial charge in [0.1, 0.15) is 0 Å². The van der Waals surface area contributed by atoms with Crippen molar-refractivity contribution in [3.63, 3.8) is 0 Å². The monoisotopic (exact) mass is 251 g/mol. The molecule has 0 atom stereocenters. The molecule has 18 heavy (non-hydrogen) atoms. The van der Waals surface area contributed by atoms with E-state index in [9.17, 15) is 4.79 Å². The van der Waals surface area contributed by atoms with Crippen LogP contribution in [0, 0.1) is 0 Å². The number of ether oxygens (including phenoxy) is 1. The lowest BCUT2D eigenvalue weighted by Gasteiger charge is -2.15. The second-order valence-corrected chi connectivity index (χ2v) is 5.95. The molecule has 0 unspecified atom stereocenters. The van der Waals surface area contributed by atoms with Gasteiger partial charge in [-0.05, 0) is 12.8 Å². The Bertz CT molecular complexity index is 436. The van der Waals surface area contributed by atoms with E-state index in [2.05, 4.69) is 4.98 Å². The first-order valence-corrected chi connectivity index (χ1v) is 6.53. The maximum atomic E-state index is 11.8. The quantitative estimate of drug-likeness (QED) is 0.756. The number of oxazole rings is 1. The third-order valence-electron chi connectivity index (χ3n) is 3.43. The molecule has 1 saturated carbocycles. The van der Waals surface area contributed by atoms with Crippen LogP contribution in [0.1, 0.15) is 74.5 Å². The zero-order valence-electron chi connectivity index (χ0n) is 11.6. The molecule has 1 aromatic rings. The smallest absolute Gasteiger partial charge is 0.376 e. The maximum Gasteiger partial charge on any atom is 0.376 e. The summed E-state index contributed by atoms with van der Waals surface area (Å²) in [4.78, 5) is 16.3. The molecule has 1 aliphatic carbocycles. The minimum absolute atomic E-state index is 0.218. The predicted molar refractivity (Wildman–Crippen MR) is 67.8 cm³/mol. The zero-order valence-corrected chi connectivity index (χ0v) is 11.6. The molecule has 0 amide bonds. The van der Waals surface area contributed by atoms with E-state index < -0.39 is 5.97 Å². The average Bonchev–Trinajstić information content (AvgIpc) is 2.94. The van der Waals surface area contributed by atoms with Gasteiger partial charge in [-0.1, -0.05) is 33.6 Å². The second-order valence-electron chi connectivity index (χ2n) is 5.95. The van der Waals surface area contributed by atoms with E-state index in [1.54, 1.807) is 0 Å². The third-order valence-corrected chi connectivity index (χ3v) is 3.43. The van der Waals surface area contributed by atoms with Crippen LogP contribution < -0.4 is 0 Å². The Labute approximate surface area is 108 Å². The van der Waals surface area contributed by atoms with E-state index in [0.717, 1.165) is 12.8 Å². The van der Waals surface area contributed by atoms with Gasteiger partial charge >= 0.3 is 5.97 Å². The number of hydrogen-bond acceptors (Lipinski definition) is 4. The van der Waals surface area contributed by atoms with E-state index in [4.69, 9.17) is 9.15 Å². The summed E-state index contributed by atoms with van der Waals surface area (Å²) in [6, 6.07) is 0. The van der Waals surface area contributed by atoms with Crippen LogP contribution in [0.2, 0.25) is 0 Å². The minimum atomic E-state index is -0.434. The Morgan fingerprint density at radius 1 is 1.33 bits per heavy atom. The first-order valence-electron chi connectivity index (χ1n) is 6.53. The summed E-state index contributed by atoms with van der Waals surface area (Å²) in [5.41, 5.74) is 0.486. The Morgan fingerprint density at radius 2 is 1.94 bits per heavy atom. The van der Waals surface area contributed by atoms with Crippen LogP contribution in [0.15, 0.2) is 4.42 Å². The molecule has 0 aromatic carbocycles. The van der Waals surface area contributed by atoms with Crippen molar-refractivity contribution >= 4 is 5.97 Å². The maximum absolute atomic E-state index is 11.8. The van der Waals surface area contributed by atoms with Crippen LogP contribution in [-0.4, -0.2) is 18.1 Å². The van der Waals surface area contributed by atoms with Crippen LogP contribution in [0.25, 0.3) is 0 Å². The normalized spacial score (nSPS) is 17.1. The van der Waals surface area contributed by atoms with Crippen molar-refractivity contribution in [3.8, 4) is 0 Å². The highest BCUT2D eigenvalue weighted by Crippen LogP contribution is 2.36. The van der Waals surface area contributed by atoms with E-state index in [-0.39, 0.29) is 11.2 Å². The van der Waals surface area contributed by atoms with Gasteiger partial charge in [0.25, 0.3) is 0 Å². The summed E-state index contributed by atoms with van der Waals surface area (Å²) in [6.45, 7) is 6.07. The molecule has 4 heteroatoms. The van der Waals surface area contributed by atoms with Gasteiger partial charge < -0.3 is 9.15 Å². The van der Waals surface area contributed by atoms with Crippen molar-refractivity contribution in [2.24, 2.45) is 0 Å². The van der Waals surface area contributed by atoms with Crippen molar-refractivity contribution in [3.05, 3.63) is 17.3 Å². The summed E-state index contributed by atoms with van der Waals surface area (Å²) in [5, 5.41) is 0. The van der Waals surface area contributed by atoms with Gasteiger partial charge in [-0.3, -0.25) is 0 Å². The molecular formula is C14H21NO3. The van der Waals surface area contributed by atoms with Gasteiger partial charge in [0.15, 0.2) is 5.89 Å². The highest BCUT2D eigenvalue weighted by Gasteiger charge is 2.32. The first kappa shape index (κ1) is 13.1.